The second-order valence-electron chi connectivity index (χ2n) is 5.77. The predicted octanol–water partition coefficient (Wildman–Crippen LogP) is 3.18. The van der Waals surface area contributed by atoms with Crippen molar-refractivity contribution in [2.75, 3.05) is 18.1 Å². The van der Waals surface area contributed by atoms with Gasteiger partial charge in [-0.25, -0.2) is 4.98 Å². The van der Waals surface area contributed by atoms with Crippen LogP contribution in [0.1, 0.15) is 25.7 Å². The summed E-state index contributed by atoms with van der Waals surface area (Å²) in [5, 5.41) is 0. The highest BCUT2D eigenvalue weighted by molar-refractivity contribution is 5.96. The van der Waals surface area contributed by atoms with E-state index >= 15 is 0 Å². The van der Waals surface area contributed by atoms with Crippen molar-refractivity contribution >= 4 is 11.6 Å². The molecule has 2 heterocycles. The van der Waals surface area contributed by atoms with Crippen molar-refractivity contribution in [3.05, 3.63) is 18.3 Å². The molecule has 1 aliphatic heterocycles. The summed E-state index contributed by atoms with van der Waals surface area (Å²) in [5.74, 6) is -1.83. The molecule has 1 amide bonds. The molecule has 0 aromatic carbocycles. The molecule has 1 aliphatic carbocycles. The van der Waals surface area contributed by atoms with Crippen molar-refractivity contribution in [2.24, 2.45) is 11.8 Å². The first-order valence-electron chi connectivity index (χ1n) is 7.42. The molecule has 1 fully saturated rings. The van der Waals surface area contributed by atoms with Crippen LogP contribution in [0.15, 0.2) is 18.3 Å². The van der Waals surface area contributed by atoms with Gasteiger partial charge in [0.05, 0.1) is 12.5 Å². The van der Waals surface area contributed by atoms with Gasteiger partial charge in [0.2, 0.25) is 11.8 Å². The van der Waals surface area contributed by atoms with Crippen LogP contribution in [0, 0.1) is 11.8 Å². The molecular weight excluding hydrogens is 297 g/mol. The zero-order valence-electron chi connectivity index (χ0n) is 12.0. The zero-order chi connectivity index (χ0) is 15.7. The van der Waals surface area contributed by atoms with E-state index in [1.54, 1.807) is 18.3 Å². The van der Waals surface area contributed by atoms with Gasteiger partial charge in [0.25, 0.3) is 0 Å². The summed E-state index contributed by atoms with van der Waals surface area (Å²) in [6, 6.07) is 3.40. The fourth-order valence-electron chi connectivity index (χ4n) is 3.21. The summed E-state index contributed by atoms with van der Waals surface area (Å²) in [6.07, 6.45) is -1.70. The average molecular weight is 314 g/mol. The lowest BCUT2D eigenvalue weighted by Gasteiger charge is -2.35. The Bertz CT molecular complexity index is 562. The van der Waals surface area contributed by atoms with Crippen LogP contribution in [0.5, 0.6) is 5.88 Å². The third-order valence-corrected chi connectivity index (χ3v) is 4.35. The van der Waals surface area contributed by atoms with E-state index < -0.39 is 18.0 Å². The number of ether oxygens (including phenoxy) is 1. The Hall–Kier alpha value is -1.79. The van der Waals surface area contributed by atoms with Crippen LogP contribution in [0.2, 0.25) is 0 Å². The summed E-state index contributed by atoms with van der Waals surface area (Å²) in [4.78, 5) is 18.2. The van der Waals surface area contributed by atoms with Crippen LogP contribution in [0.4, 0.5) is 18.9 Å². The summed E-state index contributed by atoms with van der Waals surface area (Å²) in [5.41, 5.74) is 0.549. The van der Waals surface area contributed by atoms with E-state index in [-0.39, 0.29) is 18.7 Å². The molecule has 0 unspecified atom stereocenters. The van der Waals surface area contributed by atoms with Crippen LogP contribution in [0.3, 0.4) is 0 Å². The first kappa shape index (κ1) is 15.1. The number of fused-ring (bicyclic) bond motifs is 1. The molecule has 22 heavy (non-hydrogen) atoms. The van der Waals surface area contributed by atoms with Gasteiger partial charge in [-0.15, -0.1) is 0 Å². The Kier molecular flexibility index (Phi) is 3.97. The monoisotopic (exact) mass is 314 g/mol. The fourth-order valence-corrected chi connectivity index (χ4v) is 3.21. The Morgan fingerprint density at radius 1 is 1.36 bits per heavy atom. The lowest BCUT2D eigenvalue weighted by atomic mass is 9.80. The SMILES string of the molecule is O=C([C@H]1CCC[C@H](C(F)(F)F)C1)N1CCOc2ncccc21. The fraction of sp³-hybridized carbons (Fsp3) is 0.600. The second-order valence-corrected chi connectivity index (χ2v) is 5.77. The first-order chi connectivity index (χ1) is 10.5. The van der Waals surface area contributed by atoms with Crippen molar-refractivity contribution in [1.82, 2.24) is 4.98 Å². The number of alkyl halides is 3. The van der Waals surface area contributed by atoms with E-state index in [1.807, 2.05) is 0 Å². The Morgan fingerprint density at radius 3 is 2.95 bits per heavy atom. The van der Waals surface area contributed by atoms with E-state index in [0.29, 0.717) is 37.6 Å². The maximum atomic E-state index is 12.9. The number of aromatic nitrogens is 1. The maximum absolute atomic E-state index is 12.9. The van der Waals surface area contributed by atoms with Crippen LogP contribution < -0.4 is 9.64 Å². The number of hydrogen-bond acceptors (Lipinski definition) is 3. The molecule has 0 N–H and O–H groups in total. The third kappa shape index (κ3) is 2.89. The third-order valence-electron chi connectivity index (χ3n) is 4.35. The molecule has 120 valence electrons. The van der Waals surface area contributed by atoms with Crippen molar-refractivity contribution < 1.29 is 22.7 Å². The van der Waals surface area contributed by atoms with Gasteiger partial charge in [-0.05, 0) is 31.4 Å². The number of carbonyl (C=O) groups is 1. The van der Waals surface area contributed by atoms with Crippen molar-refractivity contribution in [3.8, 4) is 5.88 Å². The molecule has 0 radical (unpaired) electrons. The molecule has 0 spiro atoms. The molecule has 3 rings (SSSR count). The van der Waals surface area contributed by atoms with Crippen LogP contribution in [0.25, 0.3) is 0 Å². The number of halogens is 3. The minimum Gasteiger partial charge on any atom is -0.474 e. The molecular formula is C15H17F3N2O2. The summed E-state index contributed by atoms with van der Waals surface area (Å²) < 4.78 is 44.1. The van der Waals surface area contributed by atoms with Crippen molar-refractivity contribution in [3.63, 3.8) is 0 Å². The molecule has 4 nitrogen and oxygen atoms in total. The number of pyridine rings is 1. The molecule has 7 heteroatoms. The van der Waals surface area contributed by atoms with E-state index in [2.05, 4.69) is 4.98 Å². The van der Waals surface area contributed by atoms with Crippen LogP contribution in [-0.2, 0) is 4.79 Å². The van der Waals surface area contributed by atoms with Gasteiger partial charge in [0, 0.05) is 12.1 Å². The van der Waals surface area contributed by atoms with Crippen molar-refractivity contribution in [1.29, 1.82) is 0 Å². The number of amides is 1. The van der Waals surface area contributed by atoms with Crippen LogP contribution in [-0.4, -0.2) is 30.2 Å². The predicted molar refractivity (Wildman–Crippen MR) is 73.6 cm³/mol. The summed E-state index contributed by atoms with van der Waals surface area (Å²) in [7, 11) is 0. The second kappa shape index (κ2) is 5.78. The molecule has 1 saturated carbocycles. The zero-order valence-corrected chi connectivity index (χ0v) is 12.0. The van der Waals surface area contributed by atoms with E-state index in [4.69, 9.17) is 4.74 Å². The van der Waals surface area contributed by atoms with Gasteiger partial charge in [0.1, 0.15) is 12.3 Å². The summed E-state index contributed by atoms with van der Waals surface area (Å²) in [6.45, 7) is 0.663. The van der Waals surface area contributed by atoms with Gasteiger partial charge in [-0.1, -0.05) is 6.42 Å². The van der Waals surface area contributed by atoms with Gasteiger partial charge >= 0.3 is 6.18 Å². The Morgan fingerprint density at radius 2 is 2.18 bits per heavy atom. The minimum absolute atomic E-state index is 0.116. The quantitative estimate of drug-likeness (QED) is 0.799. The lowest BCUT2D eigenvalue weighted by Crippen LogP contribution is -2.44. The number of rotatable bonds is 1. The van der Waals surface area contributed by atoms with Gasteiger partial charge in [-0.3, -0.25) is 4.79 Å². The van der Waals surface area contributed by atoms with Gasteiger partial charge in [0.15, 0.2) is 0 Å². The Labute approximate surface area is 126 Å². The smallest absolute Gasteiger partial charge is 0.391 e. The molecule has 2 atom stereocenters. The lowest BCUT2D eigenvalue weighted by molar-refractivity contribution is -0.186. The highest BCUT2D eigenvalue weighted by Crippen LogP contribution is 2.41. The normalized spacial score (nSPS) is 25.3. The largest absolute Gasteiger partial charge is 0.474 e. The Balaban J connectivity index is 1.77. The minimum atomic E-state index is -4.22. The number of nitrogens with zero attached hydrogens (tertiary/aromatic N) is 2. The van der Waals surface area contributed by atoms with Crippen LogP contribution >= 0.6 is 0 Å². The molecule has 2 aliphatic rings. The van der Waals surface area contributed by atoms with Gasteiger partial charge in [-0.2, -0.15) is 13.2 Å². The molecule has 1 aromatic heterocycles. The van der Waals surface area contributed by atoms with E-state index in [1.165, 1.54) is 4.90 Å². The topological polar surface area (TPSA) is 42.4 Å². The highest BCUT2D eigenvalue weighted by atomic mass is 19.4. The molecule has 0 bridgehead atoms. The number of hydrogen-bond donors (Lipinski definition) is 0. The molecule has 1 aromatic rings. The average Bonchev–Trinajstić information content (AvgIpc) is 2.53. The first-order valence-corrected chi connectivity index (χ1v) is 7.42. The number of anilines is 1. The van der Waals surface area contributed by atoms with Gasteiger partial charge < -0.3 is 9.64 Å². The van der Waals surface area contributed by atoms with Crippen molar-refractivity contribution in [2.45, 2.75) is 31.9 Å². The summed E-state index contributed by atoms with van der Waals surface area (Å²) >= 11 is 0. The standard InChI is InChI=1S/C15H17F3N2O2/c16-15(17,18)11-4-1-3-10(9-11)14(21)20-7-8-22-13-12(20)5-2-6-19-13/h2,5-6,10-11H,1,3-4,7-9H2/t10-,11-/m0/s1. The number of carbonyl (C=O) groups excluding carboxylic acids is 1. The van der Waals surface area contributed by atoms with E-state index in [9.17, 15) is 18.0 Å². The maximum Gasteiger partial charge on any atom is 0.391 e. The van der Waals surface area contributed by atoms with E-state index in [0.717, 1.165) is 0 Å². The molecule has 0 saturated heterocycles. The highest BCUT2D eigenvalue weighted by Gasteiger charge is 2.44.